The van der Waals surface area contributed by atoms with Crippen molar-refractivity contribution < 1.29 is 19.1 Å². The van der Waals surface area contributed by atoms with Crippen molar-refractivity contribution in [3.8, 4) is 5.75 Å². The number of carbonyl (C=O) groups excluding carboxylic acids is 2. The molecule has 0 fully saturated rings. The first-order valence-electron chi connectivity index (χ1n) is 7.74. The van der Waals surface area contributed by atoms with Crippen molar-refractivity contribution in [1.82, 2.24) is 0 Å². The number of anilines is 1. The Morgan fingerprint density at radius 3 is 2.48 bits per heavy atom. The van der Waals surface area contributed by atoms with Crippen LogP contribution < -0.4 is 9.64 Å². The van der Waals surface area contributed by atoms with Crippen LogP contribution in [0.4, 0.5) is 5.69 Å². The largest absolute Gasteiger partial charge is 0.496 e. The molecule has 0 unspecified atom stereocenters. The van der Waals surface area contributed by atoms with E-state index in [1.165, 1.54) is 12.0 Å². The third kappa shape index (κ3) is 4.60. The lowest BCUT2D eigenvalue weighted by molar-refractivity contribution is -0.118. The van der Waals surface area contributed by atoms with Crippen molar-refractivity contribution in [2.75, 3.05) is 26.2 Å². The molecule has 1 amide bonds. The Bertz CT molecular complexity index is 776. The van der Waals surface area contributed by atoms with Crippen LogP contribution in [0.25, 0.3) is 0 Å². The molecule has 2 aromatic carbocycles. The van der Waals surface area contributed by atoms with Crippen LogP contribution in [0.1, 0.15) is 22.3 Å². The lowest BCUT2D eigenvalue weighted by atomic mass is 10.1. The smallest absolute Gasteiger partial charge is 0.339 e. The molecule has 0 bridgehead atoms. The van der Waals surface area contributed by atoms with Gasteiger partial charge in [0.15, 0.2) is 0 Å². The van der Waals surface area contributed by atoms with Gasteiger partial charge in [0, 0.05) is 13.5 Å². The molecular formula is C19H20BrNO4. The monoisotopic (exact) mass is 405 g/mol. The lowest BCUT2D eigenvalue weighted by Gasteiger charge is -2.20. The average molecular weight is 406 g/mol. The maximum atomic E-state index is 12.5. The highest BCUT2D eigenvalue weighted by atomic mass is 79.9. The topological polar surface area (TPSA) is 55.8 Å². The molecule has 0 saturated heterocycles. The third-order valence-electron chi connectivity index (χ3n) is 3.89. The van der Waals surface area contributed by atoms with Gasteiger partial charge in [-0.1, -0.05) is 18.2 Å². The van der Waals surface area contributed by atoms with Gasteiger partial charge in [0.05, 0.1) is 29.9 Å². The second-order valence-corrected chi connectivity index (χ2v) is 6.28. The Morgan fingerprint density at radius 2 is 1.84 bits per heavy atom. The molecule has 6 heteroatoms. The molecule has 0 spiro atoms. The van der Waals surface area contributed by atoms with E-state index in [1.807, 2.05) is 18.2 Å². The van der Waals surface area contributed by atoms with Gasteiger partial charge in [0.1, 0.15) is 5.75 Å². The molecule has 2 aromatic rings. The average Bonchev–Trinajstić information content (AvgIpc) is 2.64. The number of ether oxygens (including phenoxy) is 2. The third-order valence-corrected chi connectivity index (χ3v) is 4.51. The van der Waals surface area contributed by atoms with Gasteiger partial charge in [-0.3, -0.25) is 4.79 Å². The summed E-state index contributed by atoms with van der Waals surface area (Å²) in [7, 11) is 4.59. The van der Waals surface area contributed by atoms with Crippen molar-refractivity contribution in [3.63, 3.8) is 0 Å². The molecule has 2 rings (SSSR count). The molecule has 0 heterocycles. The minimum absolute atomic E-state index is 0.0803. The first-order valence-corrected chi connectivity index (χ1v) is 8.53. The molecule has 0 aromatic heterocycles. The SMILES string of the molecule is COC(=O)c1ccccc1N(C)C(=O)CCc1ccc(OC)c(Br)c1. The van der Waals surface area contributed by atoms with Crippen LogP contribution in [0.5, 0.6) is 5.75 Å². The maximum Gasteiger partial charge on any atom is 0.339 e. The second-order valence-electron chi connectivity index (χ2n) is 5.43. The number of hydrogen-bond donors (Lipinski definition) is 0. The van der Waals surface area contributed by atoms with E-state index < -0.39 is 5.97 Å². The number of methoxy groups -OCH3 is 2. The van der Waals surface area contributed by atoms with Crippen molar-refractivity contribution in [3.05, 3.63) is 58.1 Å². The summed E-state index contributed by atoms with van der Waals surface area (Å²) in [6, 6.07) is 12.6. The summed E-state index contributed by atoms with van der Waals surface area (Å²) >= 11 is 3.44. The number of hydrogen-bond acceptors (Lipinski definition) is 4. The zero-order valence-electron chi connectivity index (χ0n) is 14.4. The lowest BCUT2D eigenvalue weighted by Crippen LogP contribution is -2.28. The van der Waals surface area contributed by atoms with E-state index in [-0.39, 0.29) is 5.91 Å². The summed E-state index contributed by atoms with van der Waals surface area (Å²) in [5, 5.41) is 0. The van der Waals surface area contributed by atoms with Crippen LogP contribution in [-0.4, -0.2) is 33.1 Å². The highest BCUT2D eigenvalue weighted by Gasteiger charge is 2.18. The number of esters is 1. The first-order chi connectivity index (χ1) is 12.0. The standard InChI is InChI=1S/C19H20BrNO4/c1-21(16-7-5-4-6-14(16)19(23)25-3)18(22)11-9-13-8-10-17(24-2)15(20)12-13/h4-8,10,12H,9,11H2,1-3H3. The van der Waals surface area contributed by atoms with Crippen molar-refractivity contribution in [2.24, 2.45) is 0 Å². The Balaban J connectivity index is 2.09. The summed E-state index contributed by atoms with van der Waals surface area (Å²) in [6.45, 7) is 0. The molecule has 0 saturated carbocycles. The second kappa shape index (κ2) is 8.67. The van der Waals surface area contributed by atoms with Gasteiger partial charge >= 0.3 is 5.97 Å². The maximum absolute atomic E-state index is 12.5. The van der Waals surface area contributed by atoms with Gasteiger partial charge in [0.25, 0.3) is 0 Å². The van der Waals surface area contributed by atoms with Gasteiger partial charge in [-0.25, -0.2) is 4.79 Å². The van der Waals surface area contributed by atoms with E-state index in [2.05, 4.69) is 15.9 Å². The number of amides is 1. The quantitative estimate of drug-likeness (QED) is 0.685. The molecule has 0 atom stereocenters. The van der Waals surface area contributed by atoms with Crippen LogP contribution in [0, 0.1) is 0 Å². The molecule has 5 nitrogen and oxygen atoms in total. The summed E-state index contributed by atoms with van der Waals surface area (Å²) in [4.78, 5) is 25.9. The van der Waals surface area contributed by atoms with Gasteiger partial charge in [-0.05, 0) is 52.2 Å². The number of carbonyl (C=O) groups is 2. The number of benzene rings is 2. The van der Waals surface area contributed by atoms with Crippen molar-refractivity contribution >= 4 is 33.5 Å². The molecule has 0 aliphatic rings. The fraction of sp³-hybridized carbons (Fsp3) is 0.263. The van der Waals surface area contributed by atoms with Crippen LogP contribution in [0.3, 0.4) is 0 Å². The predicted molar refractivity (Wildman–Crippen MR) is 100 cm³/mol. The van der Waals surface area contributed by atoms with E-state index in [9.17, 15) is 9.59 Å². The highest BCUT2D eigenvalue weighted by Crippen LogP contribution is 2.26. The van der Waals surface area contributed by atoms with Crippen LogP contribution in [0.2, 0.25) is 0 Å². The predicted octanol–water partition coefficient (Wildman–Crippen LogP) is 3.84. The summed E-state index contributed by atoms with van der Waals surface area (Å²) in [5.74, 6) is 0.205. The number of para-hydroxylation sites is 1. The Labute approximate surface area is 155 Å². The van der Waals surface area contributed by atoms with Crippen LogP contribution in [-0.2, 0) is 16.0 Å². The fourth-order valence-electron chi connectivity index (χ4n) is 2.47. The Morgan fingerprint density at radius 1 is 1.12 bits per heavy atom. The Kier molecular flexibility index (Phi) is 6.58. The van der Waals surface area contributed by atoms with Crippen LogP contribution in [0.15, 0.2) is 46.9 Å². The normalized spacial score (nSPS) is 10.2. The molecular weight excluding hydrogens is 386 g/mol. The zero-order chi connectivity index (χ0) is 18.4. The van der Waals surface area contributed by atoms with Crippen molar-refractivity contribution in [1.29, 1.82) is 0 Å². The van der Waals surface area contributed by atoms with Gasteiger partial charge in [0.2, 0.25) is 5.91 Å². The molecule has 0 aliphatic heterocycles. The molecule has 0 aliphatic carbocycles. The fourth-order valence-corrected chi connectivity index (χ4v) is 3.06. The Hall–Kier alpha value is -2.34. The summed E-state index contributed by atoms with van der Waals surface area (Å²) < 4.78 is 10.8. The highest BCUT2D eigenvalue weighted by molar-refractivity contribution is 9.10. The number of halogens is 1. The van der Waals surface area contributed by atoms with Gasteiger partial charge < -0.3 is 14.4 Å². The number of aryl methyl sites for hydroxylation is 1. The molecule has 0 radical (unpaired) electrons. The molecule has 132 valence electrons. The van der Waals surface area contributed by atoms with E-state index in [0.29, 0.717) is 24.1 Å². The van der Waals surface area contributed by atoms with E-state index in [4.69, 9.17) is 9.47 Å². The molecule has 0 N–H and O–H groups in total. The van der Waals surface area contributed by atoms with E-state index in [0.717, 1.165) is 15.8 Å². The number of rotatable bonds is 6. The summed E-state index contributed by atoms with van der Waals surface area (Å²) in [6.07, 6.45) is 0.914. The minimum atomic E-state index is -0.464. The van der Waals surface area contributed by atoms with Gasteiger partial charge in [-0.15, -0.1) is 0 Å². The first kappa shape index (κ1) is 19.0. The van der Waals surface area contributed by atoms with Crippen molar-refractivity contribution in [2.45, 2.75) is 12.8 Å². The van der Waals surface area contributed by atoms with Gasteiger partial charge in [-0.2, -0.15) is 0 Å². The van der Waals surface area contributed by atoms with E-state index >= 15 is 0 Å². The molecule has 25 heavy (non-hydrogen) atoms. The van der Waals surface area contributed by atoms with E-state index in [1.54, 1.807) is 38.4 Å². The zero-order valence-corrected chi connectivity index (χ0v) is 16.0. The van der Waals surface area contributed by atoms with Crippen LogP contribution >= 0.6 is 15.9 Å². The number of nitrogens with zero attached hydrogens (tertiary/aromatic N) is 1. The minimum Gasteiger partial charge on any atom is -0.496 e. The summed E-state index contributed by atoms with van der Waals surface area (Å²) in [5.41, 5.74) is 1.93.